The van der Waals surface area contributed by atoms with Gasteiger partial charge in [0.25, 0.3) is 0 Å². The minimum absolute atomic E-state index is 0.0542. The molecule has 6 heteroatoms. The van der Waals surface area contributed by atoms with Crippen molar-refractivity contribution in [1.29, 1.82) is 0 Å². The maximum absolute atomic E-state index is 10.8. The summed E-state index contributed by atoms with van der Waals surface area (Å²) in [7, 11) is 3.66. The minimum Gasteiger partial charge on any atom is -0.481 e. The number of nitrogens with zero attached hydrogens (tertiary/aromatic N) is 1. The highest BCUT2D eigenvalue weighted by molar-refractivity contribution is 8.03. The van der Waals surface area contributed by atoms with E-state index in [1.807, 2.05) is 25.6 Å². The summed E-state index contributed by atoms with van der Waals surface area (Å²) in [5.74, 6) is -0.819. The number of rotatable bonds is 3. The van der Waals surface area contributed by atoms with E-state index in [2.05, 4.69) is 5.32 Å². The average molecular weight is 246 g/mol. The number of hydrogen-bond acceptors (Lipinski definition) is 3. The van der Waals surface area contributed by atoms with Crippen LogP contribution in [0.4, 0.5) is 0 Å². The first-order chi connectivity index (χ1) is 6.95. The number of thiocarbonyl (C=S) groups is 1. The fraction of sp³-hybridized carbons (Fsp3) is 0.556. The lowest BCUT2D eigenvalue weighted by Crippen LogP contribution is -2.49. The third-order valence-electron chi connectivity index (χ3n) is 2.02. The molecule has 0 radical (unpaired) electrons. The predicted molar refractivity (Wildman–Crippen MR) is 65.8 cm³/mol. The Hall–Kier alpha value is -0.750. The number of carboxylic acid groups (broad SMARTS) is 1. The Kier molecular flexibility index (Phi) is 3.98. The standard InChI is InChI=1S/C9H14N2O2S2/c1-11(2)8(14)10-9(6-7(12)13)4-3-5-15-9/h3,5H,4,6H2,1-2H3,(H,10,14)(H,12,13). The summed E-state index contributed by atoms with van der Waals surface area (Å²) >= 11 is 6.60. The summed E-state index contributed by atoms with van der Waals surface area (Å²) in [5.41, 5.74) is 0. The Balaban J connectivity index is 2.66. The minimum atomic E-state index is -0.819. The van der Waals surface area contributed by atoms with Gasteiger partial charge in [0, 0.05) is 14.1 Å². The molecule has 0 spiro atoms. The highest BCUT2D eigenvalue weighted by Crippen LogP contribution is 2.37. The fourth-order valence-electron chi connectivity index (χ4n) is 1.25. The van der Waals surface area contributed by atoms with Crippen LogP contribution in [0, 0.1) is 0 Å². The van der Waals surface area contributed by atoms with Gasteiger partial charge in [-0.3, -0.25) is 4.79 Å². The second-order valence-electron chi connectivity index (χ2n) is 3.58. The first-order valence-electron chi connectivity index (χ1n) is 4.49. The zero-order chi connectivity index (χ0) is 11.5. The van der Waals surface area contributed by atoms with Crippen molar-refractivity contribution in [3.05, 3.63) is 11.5 Å². The molecule has 0 bridgehead atoms. The Labute approximate surface area is 98.7 Å². The van der Waals surface area contributed by atoms with Crippen LogP contribution in [-0.2, 0) is 4.79 Å². The molecule has 0 amide bonds. The molecule has 1 aliphatic rings. The average Bonchev–Trinajstić information content (AvgIpc) is 2.51. The zero-order valence-corrected chi connectivity index (χ0v) is 10.3. The molecule has 0 aliphatic carbocycles. The number of hydrogen-bond donors (Lipinski definition) is 2. The maximum Gasteiger partial charge on any atom is 0.306 e. The lowest BCUT2D eigenvalue weighted by Gasteiger charge is -2.31. The smallest absolute Gasteiger partial charge is 0.306 e. The number of aliphatic carboxylic acids is 1. The van der Waals surface area contributed by atoms with Crippen LogP contribution in [-0.4, -0.2) is 40.1 Å². The molecular weight excluding hydrogens is 232 g/mol. The normalized spacial score (nSPS) is 23.9. The van der Waals surface area contributed by atoms with Gasteiger partial charge in [-0.2, -0.15) is 0 Å². The van der Waals surface area contributed by atoms with E-state index in [4.69, 9.17) is 17.3 Å². The van der Waals surface area contributed by atoms with E-state index in [0.717, 1.165) is 0 Å². The molecule has 84 valence electrons. The molecule has 0 saturated heterocycles. The van der Waals surface area contributed by atoms with Crippen molar-refractivity contribution in [3.8, 4) is 0 Å². The van der Waals surface area contributed by atoms with Crippen molar-refractivity contribution in [2.24, 2.45) is 0 Å². The second-order valence-corrected chi connectivity index (χ2v) is 5.26. The van der Waals surface area contributed by atoms with E-state index < -0.39 is 10.8 Å². The molecule has 1 heterocycles. The van der Waals surface area contributed by atoms with Crippen LogP contribution in [0.15, 0.2) is 11.5 Å². The fourth-order valence-corrected chi connectivity index (χ4v) is 2.52. The monoisotopic (exact) mass is 246 g/mol. The van der Waals surface area contributed by atoms with Gasteiger partial charge in [0.1, 0.15) is 4.87 Å². The summed E-state index contributed by atoms with van der Waals surface area (Å²) in [5, 5.41) is 14.4. The Bertz CT molecular complexity index is 294. The summed E-state index contributed by atoms with van der Waals surface area (Å²) in [6.07, 6.45) is 2.69. The summed E-state index contributed by atoms with van der Waals surface area (Å²) in [4.78, 5) is 12.0. The lowest BCUT2D eigenvalue weighted by molar-refractivity contribution is -0.137. The highest BCUT2D eigenvalue weighted by atomic mass is 32.2. The van der Waals surface area contributed by atoms with Crippen molar-refractivity contribution in [3.63, 3.8) is 0 Å². The van der Waals surface area contributed by atoms with E-state index in [1.165, 1.54) is 11.8 Å². The van der Waals surface area contributed by atoms with Gasteiger partial charge in [0.05, 0.1) is 6.42 Å². The third kappa shape index (κ3) is 3.39. The van der Waals surface area contributed by atoms with E-state index in [1.54, 1.807) is 4.90 Å². The van der Waals surface area contributed by atoms with Gasteiger partial charge in [-0.05, 0) is 24.0 Å². The first kappa shape index (κ1) is 12.3. The van der Waals surface area contributed by atoms with Crippen LogP contribution in [0.2, 0.25) is 0 Å². The quantitative estimate of drug-likeness (QED) is 0.731. The van der Waals surface area contributed by atoms with Crippen molar-refractivity contribution in [1.82, 2.24) is 10.2 Å². The molecule has 0 aromatic rings. The van der Waals surface area contributed by atoms with Crippen LogP contribution in [0.25, 0.3) is 0 Å². The van der Waals surface area contributed by atoms with Gasteiger partial charge in [-0.1, -0.05) is 6.08 Å². The zero-order valence-electron chi connectivity index (χ0n) is 8.69. The first-order valence-corrected chi connectivity index (χ1v) is 5.78. The van der Waals surface area contributed by atoms with E-state index in [0.29, 0.717) is 11.5 Å². The van der Waals surface area contributed by atoms with Crippen LogP contribution in [0.5, 0.6) is 0 Å². The SMILES string of the molecule is CN(C)C(=S)NC1(CC(=O)O)CC=CS1. The predicted octanol–water partition coefficient (Wildman–Crippen LogP) is 1.24. The molecule has 1 rings (SSSR count). The molecule has 4 nitrogen and oxygen atoms in total. The van der Waals surface area contributed by atoms with Crippen molar-refractivity contribution in [2.45, 2.75) is 17.7 Å². The van der Waals surface area contributed by atoms with Gasteiger partial charge >= 0.3 is 5.97 Å². The highest BCUT2D eigenvalue weighted by Gasteiger charge is 2.35. The number of carbonyl (C=O) groups is 1. The summed E-state index contributed by atoms with van der Waals surface area (Å²) in [6, 6.07) is 0. The molecular formula is C9H14N2O2S2. The van der Waals surface area contributed by atoms with E-state index in [9.17, 15) is 4.79 Å². The third-order valence-corrected chi connectivity index (χ3v) is 3.68. The lowest BCUT2D eigenvalue weighted by atomic mass is 10.1. The largest absolute Gasteiger partial charge is 0.481 e. The number of thioether (sulfide) groups is 1. The molecule has 0 aromatic heterocycles. The molecule has 2 N–H and O–H groups in total. The Morgan fingerprint density at radius 1 is 1.73 bits per heavy atom. The van der Waals surface area contributed by atoms with Crippen LogP contribution in [0.3, 0.4) is 0 Å². The maximum atomic E-state index is 10.8. The summed E-state index contributed by atoms with van der Waals surface area (Å²) < 4.78 is 0. The molecule has 1 atom stereocenters. The van der Waals surface area contributed by atoms with Gasteiger partial charge < -0.3 is 15.3 Å². The Morgan fingerprint density at radius 3 is 2.80 bits per heavy atom. The number of nitrogens with one attached hydrogen (secondary N) is 1. The van der Waals surface area contributed by atoms with Crippen LogP contribution >= 0.6 is 24.0 Å². The van der Waals surface area contributed by atoms with Crippen LogP contribution in [0.1, 0.15) is 12.8 Å². The van der Waals surface area contributed by atoms with Gasteiger partial charge in [0.2, 0.25) is 0 Å². The van der Waals surface area contributed by atoms with Gasteiger partial charge in [0.15, 0.2) is 5.11 Å². The van der Waals surface area contributed by atoms with Gasteiger partial charge in [-0.25, -0.2) is 0 Å². The van der Waals surface area contributed by atoms with Gasteiger partial charge in [-0.15, -0.1) is 11.8 Å². The number of carboxylic acids is 1. The molecule has 0 saturated carbocycles. The van der Waals surface area contributed by atoms with Crippen LogP contribution < -0.4 is 5.32 Å². The van der Waals surface area contributed by atoms with E-state index in [-0.39, 0.29) is 6.42 Å². The molecule has 0 fully saturated rings. The topological polar surface area (TPSA) is 52.6 Å². The van der Waals surface area contributed by atoms with Crippen molar-refractivity contribution < 1.29 is 9.90 Å². The van der Waals surface area contributed by atoms with E-state index >= 15 is 0 Å². The van der Waals surface area contributed by atoms with Crippen molar-refractivity contribution in [2.75, 3.05) is 14.1 Å². The summed E-state index contributed by atoms with van der Waals surface area (Å²) in [6.45, 7) is 0. The molecule has 15 heavy (non-hydrogen) atoms. The molecule has 1 unspecified atom stereocenters. The molecule has 1 aliphatic heterocycles. The molecule has 0 aromatic carbocycles. The second kappa shape index (κ2) is 4.85. The van der Waals surface area contributed by atoms with Crippen molar-refractivity contribution >= 4 is 35.1 Å². The Morgan fingerprint density at radius 2 is 2.40 bits per heavy atom.